The molecule has 1 heterocycles. The third-order valence-corrected chi connectivity index (χ3v) is 3.06. The van der Waals surface area contributed by atoms with Gasteiger partial charge in [0, 0.05) is 13.0 Å². The van der Waals surface area contributed by atoms with E-state index >= 15 is 0 Å². The monoisotopic (exact) mass is 341 g/mol. The molecule has 0 atom stereocenters. The largest absolute Gasteiger partial charge is 0.480 e. The summed E-state index contributed by atoms with van der Waals surface area (Å²) in [5.74, 6) is 6.16. The minimum atomic E-state index is -0.476. The predicted octanol–water partition coefficient (Wildman–Crippen LogP) is 2.16. The first-order valence-electron chi connectivity index (χ1n) is 7.61. The van der Waals surface area contributed by atoms with Crippen molar-refractivity contribution >= 4 is 6.09 Å². The van der Waals surface area contributed by atoms with Crippen molar-refractivity contribution in [1.29, 1.82) is 0 Å². The molecule has 25 heavy (non-hydrogen) atoms. The van der Waals surface area contributed by atoms with E-state index in [1.165, 1.54) is 20.4 Å². The van der Waals surface area contributed by atoms with E-state index in [1.807, 2.05) is 30.3 Å². The fraction of sp³-hybridized carbons (Fsp3) is 0.278. The molecule has 0 bridgehead atoms. The van der Waals surface area contributed by atoms with Crippen LogP contribution in [0.4, 0.5) is 4.79 Å². The molecule has 0 saturated heterocycles. The fourth-order valence-corrected chi connectivity index (χ4v) is 1.85. The summed E-state index contributed by atoms with van der Waals surface area (Å²) < 4.78 is 15.2. The number of methoxy groups -OCH3 is 2. The lowest BCUT2D eigenvalue weighted by atomic mass is 10.2. The highest BCUT2D eigenvalue weighted by atomic mass is 16.5. The molecular formula is C18H19N3O4. The molecule has 0 fully saturated rings. The van der Waals surface area contributed by atoms with Crippen molar-refractivity contribution in [2.24, 2.45) is 0 Å². The van der Waals surface area contributed by atoms with Gasteiger partial charge < -0.3 is 19.5 Å². The molecule has 1 aromatic carbocycles. The smallest absolute Gasteiger partial charge is 0.407 e. The molecule has 0 saturated carbocycles. The van der Waals surface area contributed by atoms with Gasteiger partial charge in [0.15, 0.2) is 0 Å². The van der Waals surface area contributed by atoms with Gasteiger partial charge in [-0.2, -0.15) is 4.98 Å². The summed E-state index contributed by atoms with van der Waals surface area (Å²) in [4.78, 5) is 19.6. The molecule has 1 N–H and O–H groups in total. The van der Waals surface area contributed by atoms with Crippen molar-refractivity contribution in [2.45, 2.75) is 13.0 Å². The van der Waals surface area contributed by atoms with E-state index < -0.39 is 6.09 Å². The number of amides is 1. The van der Waals surface area contributed by atoms with Crippen LogP contribution in [0, 0.1) is 11.8 Å². The molecule has 1 aromatic heterocycles. The van der Waals surface area contributed by atoms with Crippen molar-refractivity contribution in [2.75, 3.05) is 20.8 Å². The highest BCUT2D eigenvalue weighted by Gasteiger charge is 2.05. The fourth-order valence-electron chi connectivity index (χ4n) is 1.85. The lowest BCUT2D eigenvalue weighted by Gasteiger charge is -2.05. The molecular weight excluding hydrogens is 322 g/mol. The molecule has 0 unspecified atom stereocenters. The number of carbonyl (C=O) groups excluding carboxylic acids is 1. The molecule has 0 aliphatic rings. The molecule has 1 amide bonds. The van der Waals surface area contributed by atoms with Crippen LogP contribution < -0.4 is 14.8 Å². The van der Waals surface area contributed by atoms with E-state index in [9.17, 15) is 4.79 Å². The van der Waals surface area contributed by atoms with Crippen molar-refractivity contribution in [3.63, 3.8) is 0 Å². The minimum Gasteiger partial charge on any atom is -0.480 e. The number of ether oxygens (including phenoxy) is 3. The van der Waals surface area contributed by atoms with Crippen molar-refractivity contribution in [3.05, 3.63) is 47.7 Å². The third-order valence-electron chi connectivity index (χ3n) is 3.06. The topological polar surface area (TPSA) is 82.6 Å². The Morgan fingerprint density at radius 3 is 2.72 bits per heavy atom. The number of hydrogen-bond acceptors (Lipinski definition) is 6. The minimum absolute atomic E-state index is 0.213. The van der Waals surface area contributed by atoms with Gasteiger partial charge >= 0.3 is 12.1 Å². The van der Waals surface area contributed by atoms with Crippen LogP contribution in [-0.4, -0.2) is 36.8 Å². The third kappa shape index (κ3) is 6.03. The number of aromatic nitrogens is 2. The number of nitrogens with one attached hydrogen (secondary N) is 1. The van der Waals surface area contributed by atoms with Crippen LogP contribution in [0.5, 0.6) is 11.9 Å². The van der Waals surface area contributed by atoms with Gasteiger partial charge in [0.05, 0.1) is 20.4 Å². The summed E-state index contributed by atoms with van der Waals surface area (Å²) in [7, 11) is 2.97. The van der Waals surface area contributed by atoms with E-state index in [1.54, 1.807) is 0 Å². The van der Waals surface area contributed by atoms with Gasteiger partial charge in [-0.3, -0.25) is 0 Å². The molecule has 2 rings (SSSR count). The SMILES string of the molecule is COc1ncc(C#CCCNC(=O)OCc2ccccc2)c(OC)n1. The average molecular weight is 341 g/mol. The Morgan fingerprint density at radius 2 is 2.00 bits per heavy atom. The second-order valence-electron chi connectivity index (χ2n) is 4.82. The van der Waals surface area contributed by atoms with E-state index in [2.05, 4.69) is 27.1 Å². The van der Waals surface area contributed by atoms with Crippen molar-refractivity contribution < 1.29 is 19.0 Å². The number of hydrogen-bond donors (Lipinski definition) is 1. The van der Waals surface area contributed by atoms with Gasteiger partial charge in [-0.15, -0.1) is 0 Å². The molecule has 130 valence electrons. The van der Waals surface area contributed by atoms with Crippen molar-refractivity contribution in [1.82, 2.24) is 15.3 Å². The zero-order valence-corrected chi connectivity index (χ0v) is 14.1. The van der Waals surface area contributed by atoms with Crippen LogP contribution in [-0.2, 0) is 11.3 Å². The zero-order chi connectivity index (χ0) is 17.9. The number of alkyl carbamates (subject to hydrolysis) is 1. The standard InChI is InChI=1S/C18H19N3O4/c1-23-16-15(12-20-17(21-16)24-2)10-6-7-11-19-18(22)25-13-14-8-4-3-5-9-14/h3-5,8-9,12H,7,11,13H2,1-2H3,(H,19,22). The Bertz CT molecular complexity index is 754. The molecule has 7 heteroatoms. The summed E-state index contributed by atoms with van der Waals surface area (Å²) in [6.45, 7) is 0.610. The highest BCUT2D eigenvalue weighted by molar-refractivity contribution is 5.67. The van der Waals surface area contributed by atoms with Crippen LogP contribution in [0.1, 0.15) is 17.5 Å². The van der Waals surface area contributed by atoms with Crippen molar-refractivity contribution in [3.8, 4) is 23.7 Å². The van der Waals surface area contributed by atoms with E-state index in [0.29, 0.717) is 24.4 Å². The number of rotatable bonds is 6. The van der Waals surface area contributed by atoms with Crippen LogP contribution in [0.2, 0.25) is 0 Å². The Labute approximate surface area is 146 Å². The van der Waals surface area contributed by atoms with E-state index in [-0.39, 0.29) is 12.6 Å². The Hall–Kier alpha value is -3.27. The first-order valence-corrected chi connectivity index (χ1v) is 7.61. The maximum atomic E-state index is 11.6. The Balaban J connectivity index is 1.74. The van der Waals surface area contributed by atoms with E-state index in [4.69, 9.17) is 14.2 Å². The highest BCUT2D eigenvalue weighted by Crippen LogP contribution is 2.15. The second kappa shape index (κ2) is 9.78. The summed E-state index contributed by atoms with van der Waals surface area (Å²) in [6.07, 6.45) is 1.51. The normalized spacial score (nSPS) is 9.52. The van der Waals surface area contributed by atoms with Crippen LogP contribution in [0.25, 0.3) is 0 Å². The number of benzene rings is 1. The van der Waals surface area contributed by atoms with Gasteiger partial charge in [-0.1, -0.05) is 42.2 Å². The zero-order valence-electron chi connectivity index (χ0n) is 14.1. The molecule has 7 nitrogen and oxygen atoms in total. The number of nitrogens with zero attached hydrogens (tertiary/aromatic N) is 2. The second-order valence-corrected chi connectivity index (χ2v) is 4.82. The van der Waals surface area contributed by atoms with Gasteiger partial charge in [0.25, 0.3) is 0 Å². The molecule has 0 spiro atoms. The quantitative estimate of drug-likeness (QED) is 0.640. The van der Waals surface area contributed by atoms with Gasteiger partial charge in [-0.05, 0) is 5.56 Å². The number of carbonyl (C=O) groups is 1. The first-order chi connectivity index (χ1) is 12.2. The first kappa shape index (κ1) is 18.1. The van der Waals surface area contributed by atoms with E-state index in [0.717, 1.165) is 5.56 Å². The van der Waals surface area contributed by atoms with Crippen LogP contribution in [0.3, 0.4) is 0 Å². The van der Waals surface area contributed by atoms with Gasteiger partial charge in [0.1, 0.15) is 12.2 Å². The Kier molecular flexibility index (Phi) is 7.07. The molecule has 2 aromatic rings. The summed E-state index contributed by atoms with van der Waals surface area (Å²) in [6, 6.07) is 9.69. The van der Waals surface area contributed by atoms with Crippen LogP contribution in [0.15, 0.2) is 36.5 Å². The molecule has 0 radical (unpaired) electrons. The van der Waals surface area contributed by atoms with Gasteiger partial charge in [-0.25, -0.2) is 9.78 Å². The average Bonchev–Trinajstić information content (AvgIpc) is 2.67. The maximum Gasteiger partial charge on any atom is 0.407 e. The summed E-state index contributed by atoms with van der Waals surface area (Å²) in [5.41, 5.74) is 1.49. The predicted molar refractivity (Wildman–Crippen MR) is 91.3 cm³/mol. The summed E-state index contributed by atoms with van der Waals surface area (Å²) >= 11 is 0. The van der Waals surface area contributed by atoms with Crippen LogP contribution >= 0.6 is 0 Å². The lowest BCUT2D eigenvalue weighted by Crippen LogP contribution is -2.24. The summed E-state index contributed by atoms with van der Waals surface area (Å²) in [5, 5.41) is 2.64. The lowest BCUT2D eigenvalue weighted by molar-refractivity contribution is 0.140. The van der Waals surface area contributed by atoms with Gasteiger partial charge in [0.2, 0.25) is 5.88 Å². The maximum absolute atomic E-state index is 11.6. The molecule has 0 aliphatic heterocycles. The Morgan fingerprint density at radius 1 is 1.20 bits per heavy atom. The molecule has 0 aliphatic carbocycles.